The van der Waals surface area contributed by atoms with Gasteiger partial charge in [0.15, 0.2) is 24.5 Å². The predicted octanol–water partition coefficient (Wildman–Crippen LogP) is 5.48. The van der Waals surface area contributed by atoms with Gasteiger partial charge in [0.05, 0.1) is 5.57 Å². The van der Waals surface area contributed by atoms with Crippen molar-refractivity contribution in [2.45, 2.75) is 58.5 Å². The van der Waals surface area contributed by atoms with Crippen LogP contribution in [0.5, 0.6) is 0 Å². The molecule has 28 heavy (non-hydrogen) atoms. The summed E-state index contributed by atoms with van der Waals surface area (Å²) < 4.78 is 4.43. The van der Waals surface area contributed by atoms with E-state index < -0.39 is 0 Å². The highest BCUT2D eigenvalue weighted by molar-refractivity contribution is 5.61. The zero-order valence-corrected chi connectivity index (χ0v) is 17.7. The van der Waals surface area contributed by atoms with Crippen LogP contribution in [0.3, 0.4) is 0 Å². The van der Waals surface area contributed by atoms with E-state index in [1.165, 1.54) is 28.0 Å². The number of pyridine rings is 1. The molecule has 0 aliphatic carbocycles. The number of hydrogen-bond donors (Lipinski definition) is 0. The minimum atomic E-state index is -0.183. The first-order chi connectivity index (χ1) is 13.5. The highest BCUT2D eigenvalue weighted by atomic mass is 15.1. The summed E-state index contributed by atoms with van der Waals surface area (Å²) in [5.74, 6) is 0.473. The first kappa shape index (κ1) is 20.3. The fourth-order valence-electron chi connectivity index (χ4n) is 5.08. The van der Waals surface area contributed by atoms with Crippen molar-refractivity contribution in [1.29, 1.82) is 0 Å². The summed E-state index contributed by atoms with van der Waals surface area (Å²) in [5, 5.41) is 0. The number of fused-ring (bicyclic) bond motifs is 3. The molecule has 2 aromatic rings. The van der Waals surface area contributed by atoms with Crippen molar-refractivity contribution in [3.05, 3.63) is 78.7 Å². The third-order valence-corrected chi connectivity index (χ3v) is 6.66. The molecule has 0 bridgehead atoms. The second-order valence-corrected chi connectivity index (χ2v) is 8.05. The van der Waals surface area contributed by atoms with E-state index in [4.69, 9.17) is 0 Å². The minimum Gasteiger partial charge on any atom is -0.202 e. The lowest BCUT2D eigenvalue weighted by atomic mass is 9.71. The van der Waals surface area contributed by atoms with Crippen molar-refractivity contribution < 1.29 is 9.14 Å². The van der Waals surface area contributed by atoms with Crippen molar-refractivity contribution in [3.63, 3.8) is 0 Å². The first-order valence-corrected chi connectivity index (χ1v) is 10.5. The van der Waals surface area contributed by atoms with Gasteiger partial charge < -0.3 is 0 Å². The minimum absolute atomic E-state index is 0.183. The van der Waals surface area contributed by atoms with Crippen molar-refractivity contribution in [2.75, 3.05) is 0 Å². The van der Waals surface area contributed by atoms with Gasteiger partial charge in [0.1, 0.15) is 6.72 Å². The van der Waals surface area contributed by atoms with Gasteiger partial charge >= 0.3 is 0 Å². The maximum absolute atomic E-state index is 4.61. The van der Waals surface area contributed by atoms with E-state index in [-0.39, 0.29) is 5.54 Å². The van der Waals surface area contributed by atoms with E-state index in [2.05, 4.69) is 92.4 Å². The molecule has 2 atom stereocenters. The lowest BCUT2D eigenvalue weighted by molar-refractivity contribution is -0.683. The summed E-state index contributed by atoms with van der Waals surface area (Å²) in [6, 6.07) is 13.3. The summed E-state index contributed by atoms with van der Waals surface area (Å²) in [4.78, 5) is 0. The van der Waals surface area contributed by atoms with E-state index in [0.29, 0.717) is 5.92 Å². The Hall–Kier alpha value is -2.48. The van der Waals surface area contributed by atoms with Crippen LogP contribution in [0.4, 0.5) is 0 Å². The lowest BCUT2D eigenvalue weighted by Crippen LogP contribution is -2.52. The van der Waals surface area contributed by atoms with Crippen molar-refractivity contribution in [2.24, 2.45) is 5.92 Å². The van der Waals surface area contributed by atoms with Gasteiger partial charge in [-0.15, -0.1) is 0 Å². The van der Waals surface area contributed by atoms with E-state index in [9.17, 15) is 0 Å². The smallest absolute Gasteiger partial charge is 0.202 e. The molecule has 2 heteroatoms. The number of benzene rings is 1. The maximum Gasteiger partial charge on any atom is 0.213 e. The van der Waals surface area contributed by atoms with Gasteiger partial charge in [-0.05, 0) is 50.0 Å². The summed E-state index contributed by atoms with van der Waals surface area (Å²) in [6.45, 7) is 20.5. The normalized spacial score (nSPS) is 22.1. The Kier molecular flexibility index (Phi) is 5.98. The van der Waals surface area contributed by atoms with E-state index in [1.807, 2.05) is 6.20 Å². The SMILES string of the molecule is C=C[N+](=C)C1(CC)C(=C)C[n+]2ccc(C)cc2-c2ccccc2CCC1CC. The maximum atomic E-state index is 4.61. The van der Waals surface area contributed by atoms with Crippen LogP contribution in [0.15, 0.2) is 67.5 Å². The molecule has 146 valence electrons. The second-order valence-electron chi connectivity index (χ2n) is 8.05. The van der Waals surface area contributed by atoms with Crippen molar-refractivity contribution in [3.8, 4) is 11.3 Å². The largest absolute Gasteiger partial charge is 0.213 e. The van der Waals surface area contributed by atoms with Crippen LogP contribution >= 0.6 is 0 Å². The van der Waals surface area contributed by atoms with Crippen LogP contribution in [0.2, 0.25) is 0 Å². The molecule has 0 radical (unpaired) electrons. The fraction of sp³-hybridized carbons (Fsp3) is 0.385. The highest BCUT2D eigenvalue weighted by Crippen LogP contribution is 2.39. The van der Waals surface area contributed by atoms with Crippen LogP contribution in [-0.2, 0) is 13.0 Å². The molecule has 0 saturated carbocycles. The zero-order chi connectivity index (χ0) is 20.3. The van der Waals surface area contributed by atoms with Gasteiger partial charge in [-0.1, -0.05) is 38.6 Å². The average molecular weight is 375 g/mol. The average Bonchev–Trinajstić information content (AvgIpc) is 2.71. The van der Waals surface area contributed by atoms with E-state index >= 15 is 0 Å². The predicted molar refractivity (Wildman–Crippen MR) is 119 cm³/mol. The molecule has 1 aliphatic rings. The Morgan fingerprint density at radius 3 is 2.68 bits per heavy atom. The van der Waals surface area contributed by atoms with Crippen molar-refractivity contribution >= 4 is 6.72 Å². The topological polar surface area (TPSA) is 6.89 Å². The zero-order valence-electron chi connectivity index (χ0n) is 17.7. The molecular formula is C26H34N2+2. The van der Waals surface area contributed by atoms with Gasteiger partial charge in [0.2, 0.25) is 5.69 Å². The van der Waals surface area contributed by atoms with Crippen LogP contribution < -0.4 is 4.57 Å². The monoisotopic (exact) mass is 374 g/mol. The summed E-state index contributed by atoms with van der Waals surface area (Å²) >= 11 is 0. The van der Waals surface area contributed by atoms with Crippen LogP contribution in [0, 0.1) is 12.8 Å². The van der Waals surface area contributed by atoms with Gasteiger partial charge in [0.25, 0.3) is 0 Å². The second kappa shape index (κ2) is 8.26. The van der Waals surface area contributed by atoms with E-state index in [0.717, 1.165) is 32.2 Å². The summed E-state index contributed by atoms with van der Waals surface area (Å²) in [6.07, 6.45) is 8.33. The Bertz CT molecular complexity index is 908. The Labute approximate surface area is 170 Å². The van der Waals surface area contributed by atoms with Crippen LogP contribution in [0.25, 0.3) is 11.3 Å². The molecule has 0 spiro atoms. The quantitative estimate of drug-likeness (QED) is 0.380. The lowest BCUT2D eigenvalue weighted by Gasteiger charge is -2.36. The Morgan fingerprint density at radius 1 is 1.25 bits per heavy atom. The van der Waals surface area contributed by atoms with Gasteiger partial charge in [-0.25, -0.2) is 4.58 Å². The van der Waals surface area contributed by atoms with Crippen LogP contribution in [0.1, 0.15) is 44.2 Å². The van der Waals surface area contributed by atoms with Crippen molar-refractivity contribution in [1.82, 2.24) is 0 Å². The number of nitrogens with zero attached hydrogens (tertiary/aromatic N) is 2. The standard InChI is InChI=1S/C26H34N2/c1-7-23-15-14-22-12-10-11-13-24(22)25-18-20(4)16-17-28(25)19-21(5)26(23,8-2)27(6)9-3/h9-13,16-18,23H,3,5-8,14-15,19H2,1-2,4H3/q+2. The summed E-state index contributed by atoms with van der Waals surface area (Å²) in [7, 11) is 0. The summed E-state index contributed by atoms with van der Waals surface area (Å²) in [5.41, 5.74) is 6.34. The molecule has 1 aromatic heterocycles. The highest BCUT2D eigenvalue weighted by Gasteiger charge is 2.49. The number of hydrogen-bond acceptors (Lipinski definition) is 0. The molecule has 1 aromatic carbocycles. The number of rotatable bonds is 4. The fourth-order valence-corrected chi connectivity index (χ4v) is 5.08. The molecular weight excluding hydrogens is 340 g/mol. The molecule has 2 unspecified atom stereocenters. The van der Waals surface area contributed by atoms with Gasteiger partial charge in [-0.3, -0.25) is 0 Å². The third-order valence-electron chi connectivity index (χ3n) is 6.66. The Morgan fingerprint density at radius 2 is 2.00 bits per heavy atom. The first-order valence-electron chi connectivity index (χ1n) is 10.5. The van der Waals surface area contributed by atoms with Gasteiger partial charge in [-0.2, -0.15) is 4.57 Å². The molecule has 0 N–H and O–H groups in total. The Balaban J connectivity index is 2.24. The van der Waals surface area contributed by atoms with Gasteiger partial charge in [0, 0.05) is 30.0 Å². The molecule has 2 nitrogen and oxygen atoms in total. The molecule has 0 amide bonds. The van der Waals surface area contributed by atoms with E-state index in [1.54, 1.807) is 0 Å². The molecule has 0 saturated heterocycles. The molecule has 0 fully saturated rings. The molecule has 3 rings (SSSR count). The number of aryl methyl sites for hydroxylation is 2. The molecule has 2 heterocycles. The number of aromatic nitrogens is 1. The van der Waals surface area contributed by atoms with Crippen LogP contribution in [-0.4, -0.2) is 16.8 Å². The third kappa shape index (κ3) is 3.37. The molecule has 1 aliphatic heterocycles.